The Labute approximate surface area is 187 Å². The van der Waals surface area contributed by atoms with E-state index in [0.29, 0.717) is 10.5 Å². The highest BCUT2D eigenvalue weighted by atomic mass is 32.2. The van der Waals surface area contributed by atoms with Crippen LogP contribution in [0.15, 0.2) is 24.3 Å². The molecule has 1 aromatic carbocycles. The first-order valence-electron chi connectivity index (χ1n) is 9.27. The number of carboxylic acids is 1. The molecule has 0 bridgehead atoms. The molecule has 1 aromatic rings. The quantitative estimate of drug-likeness (QED) is 0.185. The summed E-state index contributed by atoms with van der Waals surface area (Å²) in [7, 11) is -8.80. The van der Waals surface area contributed by atoms with Crippen molar-refractivity contribution in [3.05, 3.63) is 39.9 Å². The van der Waals surface area contributed by atoms with E-state index < -0.39 is 70.6 Å². The number of nitro benzene ring substituents is 1. The minimum absolute atomic E-state index is 0.189. The van der Waals surface area contributed by atoms with Crippen LogP contribution < -0.4 is 4.72 Å². The van der Waals surface area contributed by atoms with Gasteiger partial charge in [-0.25, -0.2) is 21.6 Å². The Morgan fingerprint density at radius 2 is 1.85 bits per heavy atom. The number of nitro groups is 1. The van der Waals surface area contributed by atoms with Gasteiger partial charge in [-0.2, -0.15) is 4.72 Å². The van der Waals surface area contributed by atoms with Crippen molar-refractivity contribution in [2.45, 2.75) is 42.7 Å². The minimum Gasteiger partial charge on any atom is -0.480 e. The average Bonchev–Trinajstić information content (AvgIpc) is 2.84. The lowest BCUT2D eigenvalue weighted by Crippen LogP contribution is -2.72. The summed E-state index contributed by atoms with van der Waals surface area (Å²) in [4.78, 5) is 46.5. The maximum absolute atomic E-state index is 12.8. The van der Waals surface area contributed by atoms with Crippen molar-refractivity contribution in [1.82, 2.24) is 9.62 Å². The van der Waals surface area contributed by atoms with E-state index in [1.807, 2.05) is 4.72 Å². The molecule has 180 valence electrons. The molecular weight excluding hydrogens is 486 g/mol. The Kier molecular flexibility index (Phi) is 5.97. The van der Waals surface area contributed by atoms with Crippen LogP contribution in [-0.2, 0) is 45.6 Å². The third kappa shape index (κ3) is 4.16. The number of carbonyl (C=O) groups is 3. The molecule has 2 aliphatic rings. The highest BCUT2D eigenvalue weighted by molar-refractivity contribution is 7.94. The van der Waals surface area contributed by atoms with Gasteiger partial charge < -0.3 is 14.7 Å². The molecule has 2 fully saturated rings. The number of sulfone groups is 1. The molecule has 0 unspecified atom stereocenters. The summed E-state index contributed by atoms with van der Waals surface area (Å²) in [5, 5.41) is 18.3. The third-order valence-corrected chi connectivity index (χ3v) is 9.52. The highest BCUT2D eigenvalue weighted by Crippen LogP contribution is 2.46. The molecular formula is C17H19N3O11S2. The lowest BCUT2D eigenvalue weighted by Gasteiger charge is -2.42. The molecule has 2 N–H and O–H groups in total. The van der Waals surface area contributed by atoms with Crippen LogP contribution in [0, 0.1) is 10.1 Å². The van der Waals surface area contributed by atoms with Gasteiger partial charge >= 0.3 is 11.9 Å². The van der Waals surface area contributed by atoms with E-state index in [4.69, 9.17) is 4.74 Å². The van der Waals surface area contributed by atoms with E-state index in [-0.39, 0.29) is 12.3 Å². The second-order valence-electron chi connectivity index (χ2n) is 7.96. The number of ether oxygens (including phenoxy) is 1. The SMILES string of the molecule is CC1(C)[C@H](C(=O)O)N2C(=O)[C@@H](NS(=O)(=O)CC(=O)OCc3ccc([N+](=O)[O-])cc3)[C@H]2S1(=O)=O. The van der Waals surface area contributed by atoms with Crippen molar-refractivity contribution < 1.29 is 46.0 Å². The molecule has 0 spiro atoms. The smallest absolute Gasteiger partial charge is 0.328 e. The number of sulfonamides is 1. The largest absolute Gasteiger partial charge is 0.480 e. The highest BCUT2D eigenvalue weighted by Gasteiger charge is 2.72. The van der Waals surface area contributed by atoms with Crippen molar-refractivity contribution >= 4 is 43.4 Å². The first kappa shape index (κ1) is 24.5. The van der Waals surface area contributed by atoms with E-state index in [9.17, 15) is 46.4 Å². The number of rotatable bonds is 8. The number of hydrogen-bond acceptors (Lipinski definition) is 10. The zero-order valence-corrected chi connectivity index (χ0v) is 18.8. The van der Waals surface area contributed by atoms with E-state index in [1.165, 1.54) is 24.3 Å². The number of aliphatic carboxylic acids is 1. The number of hydrogen-bond donors (Lipinski definition) is 2. The third-order valence-electron chi connectivity index (χ3n) is 5.46. The van der Waals surface area contributed by atoms with Gasteiger partial charge in [-0.3, -0.25) is 19.7 Å². The second-order valence-corrected chi connectivity index (χ2v) is 12.3. The monoisotopic (exact) mass is 505 g/mol. The molecule has 2 aliphatic heterocycles. The van der Waals surface area contributed by atoms with Crippen molar-refractivity contribution in [2.24, 2.45) is 0 Å². The van der Waals surface area contributed by atoms with Gasteiger partial charge in [0.25, 0.3) is 5.69 Å². The fourth-order valence-electron chi connectivity index (χ4n) is 3.73. The number of β-lactam (4-membered cyclic amide) rings is 1. The Hall–Kier alpha value is -3.11. The molecule has 0 saturated carbocycles. The summed E-state index contributed by atoms with van der Waals surface area (Å²) in [5.41, 5.74) is 0.161. The Morgan fingerprint density at radius 3 is 2.36 bits per heavy atom. The number of carboxylic acid groups (broad SMARTS) is 1. The van der Waals surface area contributed by atoms with Crippen LogP contribution in [0.3, 0.4) is 0 Å². The molecule has 14 nitrogen and oxygen atoms in total. The maximum Gasteiger partial charge on any atom is 0.328 e. The molecule has 16 heteroatoms. The molecule has 1 amide bonds. The van der Waals surface area contributed by atoms with Crippen LogP contribution in [-0.4, -0.2) is 77.6 Å². The van der Waals surface area contributed by atoms with Crippen molar-refractivity contribution in [3.63, 3.8) is 0 Å². The summed E-state index contributed by atoms with van der Waals surface area (Å²) >= 11 is 0. The fraction of sp³-hybridized carbons (Fsp3) is 0.471. The van der Waals surface area contributed by atoms with Gasteiger partial charge in [-0.05, 0) is 31.5 Å². The molecule has 2 heterocycles. The van der Waals surface area contributed by atoms with Crippen LogP contribution in [0.5, 0.6) is 0 Å². The summed E-state index contributed by atoms with van der Waals surface area (Å²) in [6.45, 7) is 1.88. The normalized spacial score (nSPS) is 25.1. The number of fused-ring (bicyclic) bond motifs is 1. The number of nitrogens with zero attached hydrogens (tertiary/aromatic N) is 2. The summed E-state index contributed by atoms with van der Waals surface area (Å²) in [6.07, 6.45) is 0. The van der Waals surface area contributed by atoms with Crippen LogP contribution in [0.1, 0.15) is 19.4 Å². The number of carbonyl (C=O) groups excluding carboxylic acids is 2. The van der Waals surface area contributed by atoms with Crippen LogP contribution in [0.25, 0.3) is 0 Å². The van der Waals surface area contributed by atoms with Gasteiger partial charge in [-0.15, -0.1) is 0 Å². The van der Waals surface area contributed by atoms with Crippen molar-refractivity contribution in [2.75, 3.05) is 5.75 Å². The summed E-state index contributed by atoms with van der Waals surface area (Å²) in [5.74, 6) is -5.04. The van der Waals surface area contributed by atoms with Gasteiger partial charge in [-0.1, -0.05) is 0 Å². The lowest BCUT2D eigenvalue weighted by atomic mass is 9.96. The van der Waals surface area contributed by atoms with E-state index in [2.05, 4.69) is 0 Å². The van der Waals surface area contributed by atoms with E-state index in [1.54, 1.807) is 0 Å². The number of esters is 1. The van der Waals surface area contributed by atoms with Crippen LogP contribution in [0.4, 0.5) is 5.69 Å². The minimum atomic E-state index is -4.53. The maximum atomic E-state index is 12.8. The Morgan fingerprint density at radius 1 is 1.27 bits per heavy atom. The molecule has 3 atom stereocenters. The predicted octanol–water partition coefficient (Wildman–Crippen LogP) is -1.25. The molecule has 0 radical (unpaired) electrons. The van der Waals surface area contributed by atoms with Gasteiger partial charge in [0.15, 0.2) is 21.0 Å². The van der Waals surface area contributed by atoms with Gasteiger partial charge in [0.1, 0.15) is 23.4 Å². The van der Waals surface area contributed by atoms with Crippen LogP contribution >= 0.6 is 0 Å². The van der Waals surface area contributed by atoms with Crippen molar-refractivity contribution in [1.29, 1.82) is 0 Å². The fourth-order valence-corrected chi connectivity index (χ4v) is 7.12. The Balaban J connectivity index is 1.65. The predicted molar refractivity (Wildman–Crippen MR) is 109 cm³/mol. The number of benzene rings is 1. The average molecular weight is 505 g/mol. The van der Waals surface area contributed by atoms with Crippen LogP contribution in [0.2, 0.25) is 0 Å². The molecule has 0 aliphatic carbocycles. The lowest BCUT2D eigenvalue weighted by molar-refractivity contribution is -0.384. The number of non-ortho nitro benzene ring substituents is 1. The molecule has 2 saturated heterocycles. The molecule has 33 heavy (non-hydrogen) atoms. The number of nitrogens with one attached hydrogen (secondary N) is 1. The van der Waals surface area contributed by atoms with Gasteiger partial charge in [0, 0.05) is 12.1 Å². The number of amides is 1. The zero-order valence-electron chi connectivity index (χ0n) is 17.2. The van der Waals surface area contributed by atoms with E-state index in [0.717, 1.165) is 13.8 Å². The van der Waals surface area contributed by atoms with Gasteiger partial charge in [0.2, 0.25) is 15.9 Å². The standard InChI is InChI=1S/C17H19N3O11S2/c1-17(2)13(16(23)24)19-14(22)12(15(19)33(17,29)30)18-32(27,28)8-11(21)31-7-9-3-5-10(6-4-9)20(25)26/h3-6,12-13,15,18H,7-8H2,1-2H3,(H,23,24)/t12-,13+,15-/m1/s1. The zero-order chi connectivity index (χ0) is 24.9. The van der Waals surface area contributed by atoms with Crippen molar-refractivity contribution in [3.8, 4) is 0 Å². The summed E-state index contributed by atoms with van der Waals surface area (Å²) in [6, 6.07) is 1.50. The topological polar surface area (TPSA) is 207 Å². The second kappa shape index (κ2) is 8.03. The first-order valence-corrected chi connectivity index (χ1v) is 12.5. The molecule has 3 rings (SSSR count). The molecule has 0 aromatic heterocycles. The Bertz CT molecular complexity index is 1240. The first-order chi connectivity index (χ1) is 15.1. The van der Waals surface area contributed by atoms with E-state index >= 15 is 0 Å². The summed E-state index contributed by atoms with van der Waals surface area (Å²) < 4.78 is 55.0. The van der Waals surface area contributed by atoms with Gasteiger partial charge in [0.05, 0.1) is 4.92 Å².